The van der Waals surface area contributed by atoms with E-state index in [2.05, 4.69) is 31.6 Å². The van der Waals surface area contributed by atoms with E-state index >= 15 is 0 Å². The van der Waals surface area contributed by atoms with Crippen LogP contribution in [0.4, 0.5) is 11.5 Å². The van der Waals surface area contributed by atoms with Crippen LogP contribution in [0.3, 0.4) is 0 Å². The van der Waals surface area contributed by atoms with Crippen molar-refractivity contribution in [3.8, 4) is 11.9 Å². The maximum Gasteiger partial charge on any atom is 0.227 e. The Balaban J connectivity index is 1.37. The summed E-state index contributed by atoms with van der Waals surface area (Å²) in [6.07, 6.45) is 1.45. The normalized spacial score (nSPS) is 14.4. The zero-order valence-corrected chi connectivity index (χ0v) is 17.0. The van der Waals surface area contributed by atoms with Gasteiger partial charge in [0.25, 0.3) is 0 Å². The van der Waals surface area contributed by atoms with Crippen LogP contribution in [0.1, 0.15) is 29.8 Å². The highest BCUT2D eigenvalue weighted by atomic mass is 16.1. The number of benzene rings is 1. The van der Waals surface area contributed by atoms with Gasteiger partial charge < -0.3 is 10.2 Å². The predicted molar refractivity (Wildman–Crippen MR) is 113 cm³/mol. The SMILES string of the molecule is Cc1cc(C)n(-c2ccc(N3CCC(C(=O)Nc4ccccc4C#N)CC3)nn2)n1. The van der Waals surface area contributed by atoms with Gasteiger partial charge in [-0.3, -0.25) is 4.79 Å². The number of nitriles is 1. The Bertz CT molecular complexity index is 1090. The number of hydrogen-bond donors (Lipinski definition) is 1. The molecule has 0 saturated carbocycles. The number of carbonyl (C=O) groups excluding carboxylic acids is 1. The van der Waals surface area contributed by atoms with Gasteiger partial charge in [-0.05, 0) is 57.0 Å². The van der Waals surface area contributed by atoms with Gasteiger partial charge in [0.1, 0.15) is 6.07 Å². The van der Waals surface area contributed by atoms with E-state index in [-0.39, 0.29) is 11.8 Å². The van der Waals surface area contributed by atoms with Crippen molar-refractivity contribution < 1.29 is 4.79 Å². The van der Waals surface area contributed by atoms with Crippen LogP contribution in [-0.4, -0.2) is 39.0 Å². The quantitative estimate of drug-likeness (QED) is 0.721. The van der Waals surface area contributed by atoms with Crippen LogP contribution >= 0.6 is 0 Å². The monoisotopic (exact) mass is 401 g/mol. The number of rotatable bonds is 4. The van der Waals surface area contributed by atoms with E-state index in [9.17, 15) is 10.1 Å². The number of nitrogens with zero attached hydrogens (tertiary/aromatic N) is 6. The van der Waals surface area contributed by atoms with Crippen LogP contribution in [0.25, 0.3) is 5.82 Å². The molecule has 8 nitrogen and oxygen atoms in total. The predicted octanol–water partition coefficient (Wildman–Crippen LogP) is 3.01. The van der Waals surface area contributed by atoms with Gasteiger partial charge in [0.05, 0.1) is 16.9 Å². The zero-order chi connectivity index (χ0) is 21.1. The summed E-state index contributed by atoms with van der Waals surface area (Å²) in [4.78, 5) is 14.8. The maximum absolute atomic E-state index is 12.6. The lowest BCUT2D eigenvalue weighted by Gasteiger charge is -2.31. The molecule has 1 aliphatic heterocycles. The lowest BCUT2D eigenvalue weighted by atomic mass is 9.95. The fourth-order valence-corrected chi connectivity index (χ4v) is 3.76. The molecule has 0 atom stereocenters. The van der Waals surface area contributed by atoms with Crippen LogP contribution in [0.5, 0.6) is 0 Å². The topological polar surface area (TPSA) is 99.7 Å². The minimum absolute atomic E-state index is 0.0386. The molecule has 1 aromatic carbocycles. The van der Waals surface area contributed by atoms with Gasteiger partial charge in [-0.25, -0.2) is 4.68 Å². The van der Waals surface area contributed by atoms with Gasteiger partial charge in [-0.1, -0.05) is 12.1 Å². The molecule has 0 aliphatic carbocycles. The molecule has 0 unspecified atom stereocenters. The molecule has 1 N–H and O–H groups in total. The number of nitrogens with one attached hydrogen (secondary N) is 1. The zero-order valence-electron chi connectivity index (χ0n) is 17.0. The number of piperidine rings is 1. The van der Waals surface area contributed by atoms with Crippen molar-refractivity contribution in [2.45, 2.75) is 26.7 Å². The Morgan fingerprint density at radius 2 is 1.80 bits per heavy atom. The highest BCUT2D eigenvalue weighted by molar-refractivity contribution is 5.93. The standard InChI is InChI=1S/C22H23N7O/c1-15-13-16(2)29(27-15)21-8-7-20(25-26-21)28-11-9-17(10-12-28)22(30)24-19-6-4-3-5-18(19)14-23/h3-8,13,17H,9-12H2,1-2H3,(H,24,30). The third-order valence-corrected chi connectivity index (χ3v) is 5.36. The number of para-hydroxylation sites is 1. The minimum Gasteiger partial charge on any atom is -0.355 e. The molecular formula is C22H23N7O. The molecule has 1 fully saturated rings. The molecule has 152 valence electrons. The molecule has 3 aromatic rings. The van der Waals surface area contributed by atoms with Crippen LogP contribution in [-0.2, 0) is 4.79 Å². The van der Waals surface area contributed by atoms with E-state index in [0.29, 0.717) is 17.1 Å². The summed E-state index contributed by atoms with van der Waals surface area (Å²) in [6, 6.07) is 15.0. The minimum atomic E-state index is -0.0880. The number of amides is 1. The second kappa shape index (κ2) is 8.33. The van der Waals surface area contributed by atoms with Gasteiger partial charge in [0.2, 0.25) is 5.91 Å². The molecule has 1 saturated heterocycles. The largest absolute Gasteiger partial charge is 0.355 e. The van der Waals surface area contributed by atoms with E-state index in [0.717, 1.165) is 43.1 Å². The molecule has 0 spiro atoms. The summed E-state index contributed by atoms with van der Waals surface area (Å²) >= 11 is 0. The molecule has 4 rings (SSSR count). The molecule has 0 bridgehead atoms. The first-order valence-electron chi connectivity index (χ1n) is 9.97. The molecule has 3 heterocycles. The highest BCUT2D eigenvalue weighted by Crippen LogP contribution is 2.24. The fraction of sp³-hybridized carbons (Fsp3) is 0.318. The van der Waals surface area contributed by atoms with Gasteiger partial charge in [0, 0.05) is 24.7 Å². The number of anilines is 2. The first kappa shape index (κ1) is 19.6. The molecule has 2 aromatic heterocycles. The van der Waals surface area contributed by atoms with Crippen molar-refractivity contribution in [2.75, 3.05) is 23.3 Å². The van der Waals surface area contributed by atoms with Crippen molar-refractivity contribution in [1.82, 2.24) is 20.0 Å². The van der Waals surface area contributed by atoms with Gasteiger partial charge in [-0.2, -0.15) is 10.4 Å². The third-order valence-electron chi connectivity index (χ3n) is 5.36. The Morgan fingerprint density at radius 3 is 2.43 bits per heavy atom. The van der Waals surface area contributed by atoms with Gasteiger partial charge >= 0.3 is 0 Å². The summed E-state index contributed by atoms with van der Waals surface area (Å²) in [5.74, 6) is 1.36. The maximum atomic E-state index is 12.6. The van der Waals surface area contributed by atoms with E-state index in [4.69, 9.17) is 0 Å². The van der Waals surface area contributed by atoms with Crippen molar-refractivity contribution in [1.29, 1.82) is 5.26 Å². The number of hydrogen-bond acceptors (Lipinski definition) is 6. The Kier molecular flexibility index (Phi) is 5.44. The number of carbonyl (C=O) groups is 1. The van der Waals surface area contributed by atoms with E-state index < -0.39 is 0 Å². The average Bonchev–Trinajstić information content (AvgIpc) is 3.12. The Labute approximate surface area is 175 Å². The molecule has 1 aliphatic rings. The molecule has 1 amide bonds. The third kappa shape index (κ3) is 4.01. The molecule has 8 heteroatoms. The van der Waals surface area contributed by atoms with Crippen LogP contribution in [0.15, 0.2) is 42.5 Å². The number of aromatic nitrogens is 4. The first-order chi connectivity index (χ1) is 14.5. The average molecular weight is 401 g/mol. The Hall–Kier alpha value is -3.73. The van der Waals surface area contributed by atoms with Crippen molar-refractivity contribution >= 4 is 17.4 Å². The smallest absolute Gasteiger partial charge is 0.227 e. The highest BCUT2D eigenvalue weighted by Gasteiger charge is 2.26. The fourth-order valence-electron chi connectivity index (χ4n) is 3.76. The van der Waals surface area contributed by atoms with Crippen LogP contribution < -0.4 is 10.2 Å². The second-order valence-corrected chi connectivity index (χ2v) is 7.50. The summed E-state index contributed by atoms with van der Waals surface area (Å²) in [5.41, 5.74) is 3.00. The van der Waals surface area contributed by atoms with Crippen molar-refractivity contribution in [3.05, 3.63) is 59.4 Å². The summed E-state index contributed by atoms with van der Waals surface area (Å²) < 4.78 is 1.78. The van der Waals surface area contributed by atoms with Crippen LogP contribution in [0.2, 0.25) is 0 Å². The molecular weight excluding hydrogens is 378 g/mol. The number of aryl methyl sites for hydroxylation is 2. The van der Waals surface area contributed by atoms with Gasteiger partial charge in [0.15, 0.2) is 11.6 Å². The van der Waals surface area contributed by atoms with Crippen molar-refractivity contribution in [2.24, 2.45) is 5.92 Å². The summed E-state index contributed by atoms with van der Waals surface area (Å²) in [6.45, 7) is 5.39. The molecule has 30 heavy (non-hydrogen) atoms. The first-order valence-corrected chi connectivity index (χ1v) is 9.97. The van der Waals surface area contributed by atoms with E-state index in [1.165, 1.54) is 0 Å². The molecule has 0 radical (unpaired) electrons. The van der Waals surface area contributed by atoms with E-state index in [1.807, 2.05) is 38.1 Å². The van der Waals surface area contributed by atoms with Crippen molar-refractivity contribution in [3.63, 3.8) is 0 Å². The summed E-state index contributed by atoms with van der Waals surface area (Å²) in [7, 11) is 0. The lowest BCUT2D eigenvalue weighted by molar-refractivity contribution is -0.120. The van der Waals surface area contributed by atoms with E-state index in [1.54, 1.807) is 22.9 Å². The van der Waals surface area contributed by atoms with Gasteiger partial charge in [-0.15, -0.1) is 10.2 Å². The second-order valence-electron chi connectivity index (χ2n) is 7.50. The Morgan fingerprint density at radius 1 is 1.10 bits per heavy atom. The lowest BCUT2D eigenvalue weighted by Crippen LogP contribution is -2.38. The van der Waals surface area contributed by atoms with Crippen LogP contribution in [0, 0.1) is 31.1 Å². The summed E-state index contributed by atoms with van der Waals surface area (Å²) in [5, 5.41) is 25.2.